The second-order valence-electron chi connectivity index (χ2n) is 5.19. The number of hydrogen-bond acceptors (Lipinski definition) is 5. The standard InChI is InChI=1S/C17H17Cl2N3O3/c1-2-25-17(24)14(20)7-10-3-5-11(6-4-10)22-16(23)15-12(18)8-21-9-13(15)19/h3-6,8-9,14H,2,7,20H2,1H3,(H,22,23). The maximum Gasteiger partial charge on any atom is 0.323 e. The molecule has 0 radical (unpaired) electrons. The number of esters is 1. The summed E-state index contributed by atoms with van der Waals surface area (Å²) in [5, 5.41) is 3.04. The van der Waals surface area contributed by atoms with Crippen molar-refractivity contribution in [3.8, 4) is 0 Å². The van der Waals surface area contributed by atoms with Gasteiger partial charge in [0.15, 0.2) is 0 Å². The van der Waals surface area contributed by atoms with Gasteiger partial charge in [-0.25, -0.2) is 0 Å². The number of carbonyl (C=O) groups excluding carboxylic acids is 2. The molecule has 0 saturated heterocycles. The first-order valence-corrected chi connectivity index (χ1v) is 8.29. The zero-order chi connectivity index (χ0) is 18.4. The summed E-state index contributed by atoms with van der Waals surface area (Å²) in [5.74, 6) is -0.879. The van der Waals surface area contributed by atoms with E-state index in [0.717, 1.165) is 5.56 Å². The molecule has 1 atom stereocenters. The van der Waals surface area contributed by atoms with Crippen LogP contribution in [-0.4, -0.2) is 29.5 Å². The van der Waals surface area contributed by atoms with Gasteiger partial charge < -0.3 is 15.8 Å². The molecule has 1 aromatic carbocycles. The van der Waals surface area contributed by atoms with Crippen LogP contribution in [-0.2, 0) is 16.0 Å². The normalized spacial score (nSPS) is 11.7. The molecule has 2 aromatic rings. The second-order valence-corrected chi connectivity index (χ2v) is 6.01. The van der Waals surface area contributed by atoms with E-state index >= 15 is 0 Å². The van der Waals surface area contributed by atoms with Crippen molar-refractivity contribution in [2.75, 3.05) is 11.9 Å². The van der Waals surface area contributed by atoms with Crippen LogP contribution in [0, 0.1) is 0 Å². The fourth-order valence-electron chi connectivity index (χ4n) is 2.13. The van der Waals surface area contributed by atoms with Crippen LogP contribution in [0.3, 0.4) is 0 Å². The fraction of sp³-hybridized carbons (Fsp3) is 0.235. The maximum absolute atomic E-state index is 12.3. The number of nitrogens with one attached hydrogen (secondary N) is 1. The van der Waals surface area contributed by atoms with Crippen molar-refractivity contribution >= 4 is 40.8 Å². The number of rotatable bonds is 6. The number of amides is 1. The Hall–Kier alpha value is -2.15. The van der Waals surface area contributed by atoms with Crippen LogP contribution < -0.4 is 11.1 Å². The van der Waals surface area contributed by atoms with E-state index in [1.807, 2.05) is 0 Å². The van der Waals surface area contributed by atoms with E-state index in [1.165, 1.54) is 12.4 Å². The lowest BCUT2D eigenvalue weighted by Crippen LogP contribution is -2.34. The number of benzene rings is 1. The van der Waals surface area contributed by atoms with E-state index in [4.69, 9.17) is 33.7 Å². The van der Waals surface area contributed by atoms with Crippen LogP contribution >= 0.6 is 23.2 Å². The largest absolute Gasteiger partial charge is 0.465 e. The number of nitrogens with two attached hydrogens (primary N) is 1. The molecule has 0 aliphatic rings. The van der Waals surface area contributed by atoms with Crippen molar-refractivity contribution < 1.29 is 14.3 Å². The Morgan fingerprint density at radius 3 is 2.36 bits per heavy atom. The molecule has 1 amide bonds. The molecule has 0 aliphatic carbocycles. The highest BCUT2D eigenvalue weighted by molar-refractivity contribution is 6.40. The molecule has 1 unspecified atom stereocenters. The molecular formula is C17H17Cl2N3O3. The van der Waals surface area contributed by atoms with Crippen LogP contribution in [0.2, 0.25) is 10.0 Å². The minimum absolute atomic E-state index is 0.159. The lowest BCUT2D eigenvalue weighted by molar-refractivity contribution is -0.144. The monoisotopic (exact) mass is 381 g/mol. The Kier molecular flexibility index (Phi) is 6.75. The minimum Gasteiger partial charge on any atom is -0.465 e. The minimum atomic E-state index is -0.727. The Bertz CT molecular complexity index is 746. The Morgan fingerprint density at radius 1 is 1.20 bits per heavy atom. The number of anilines is 1. The summed E-state index contributed by atoms with van der Waals surface area (Å²) in [4.78, 5) is 27.6. The molecule has 0 bridgehead atoms. The SMILES string of the molecule is CCOC(=O)C(N)Cc1ccc(NC(=O)c2c(Cl)cncc2Cl)cc1. The van der Waals surface area contributed by atoms with Gasteiger partial charge in [-0.3, -0.25) is 14.6 Å². The topological polar surface area (TPSA) is 94.3 Å². The fourth-order valence-corrected chi connectivity index (χ4v) is 2.67. The summed E-state index contributed by atoms with van der Waals surface area (Å²) < 4.78 is 4.87. The molecule has 3 N–H and O–H groups in total. The smallest absolute Gasteiger partial charge is 0.323 e. The van der Waals surface area contributed by atoms with Crippen LogP contribution in [0.5, 0.6) is 0 Å². The first-order valence-electron chi connectivity index (χ1n) is 7.54. The summed E-state index contributed by atoms with van der Waals surface area (Å²) >= 11 is 11.9. The summed E-state index contributed by atoms with van der Waals surface area (Å²) in [6.07, 6.45) is 3.04. The number of halogens is 2. The maximum atomic E-state index is 12.3. The van der Waals surface area contributed by atoms with E-state index in [1.54, 1.807) is 31.2 Å². The van der Waals surface area contributed by atoms with Gasteiger partial charge in [0.2, 0.25) is 0 Å². The molecule has 1 heterocycles. The number of ether oxygens (including phenoxy) is 1. The first kappa shape index (κ1) is 19.2. The third kappa shape index (κ3) is 5.16. The van der Waals surface area contributed by atoms with Gasteiger partial charge in [-0.05, 0) is 31.0 Å². The predicted octanol–water partition coefficient (Wildman–Crippen LogP) is 3.07. The van der Waals surface area contributed by atoms with E-state index < -0.39 is 17.9 Å². The van der Waals surface area contributed by atoms with Gasteiger partial charge >= 0.3 is 5.97 Å². The Morgan fingerprint density at radius 2 is 1.80 bits per heavy atom. The Labute approximate surface area is 155 Å². The van der Waals surface area contributed by atoms with Crippen LogP contribution in [0.4, 0.5) is 5.69 Å². The quantitative estimate of drug-likeness (QED) is 0.749. The van der Waals surface area contributed by atoms with Crippen molar-refractivity contribution in [2.24, 2.45) is 5.73 Å². The highest BCUT2D eigenvalue weighted by atomic mass is 35.5. The zero-order valence-electron chi connectivity index (χ0n) is 13.5. The second kappa shape index (κ2) is 8.80. The van der Waals surface area contributed by atoms with Crippen molar-refractivity contribution in [2.45, 2.75) is 19.4 Å². The third-order valence-corrected chi connectivity index (χ3v) is 3.91. The number of nitrogens with zero attached hydrogens (tertiary/aromatic N) is 1. The van der Waals surface area contributed by atoms with Gasteiger partial charge in [-0.15, -0.1) is 0 Å². The molecule has 1 aromatic heterocycles. The van der Waals surface area contributed by atoms with Gasteiger partial charge in [0.25, 0.3) is 5.91 Å². The molecule has 0 spiro atoms. The molecule has 132 valence electrons. The summed E-state index contributed by atoms with van der Waals surface area (Å²) in [7, 11) is 0. The van der Waals surface area contributed by atoms with Gasteiger partial charge in [0.05, 0.1) is 22.2 Å². The molecule has 0 saturated carbocycles. The van der Waals surface area contributed by atoms with Gasteiger partial charge in [-0.1, -0.05) is 35.3 Å². The average Bonchev–Trinajstić information content (AvgIpc) is 2.56. The van der Waals surface area contributed by atoms with Gasteiger partial charge in [0.1, 0.15) is 6.04 Å². The molecule has 2 rings (SSSR count). The van der Waals surface area contributed by atoms with Crippen molar-refractivity contribution in [3.63, 3.8) is 0 Å². The lowest BCUT2D eigenvalue weighted by Gasteiger charge is -2.11. The average molecular weight is 382 g/mol. The molecular weight excluding hydrogens is 365 g/mol. The van der Waals surface area contributed by atoms with E-state index in [2.05, 4.69) is 10.3 Å². The van der Waals surface area contributed by atoms with Crippen molar-refractivity contribution in [1.82, 2.24) is 4.98 Å². The van der Waals surface area contributed by atoms with Crippen LogP contribution in [0.1, 0.15) is 22.8 Å². The highest BCUT2D eigenvalue weighted by Crippen LogP contribution is 2.24. The van der Waals surface area contributed by atoms with E-state index in [9.17, 15) is 9.59 Å². The molecule has 6 nitrogen and oxygen atoms in total. The number of hydrogen-bond donors (Lipinski definition) is 2. The van der Waals surface area contributed by atoms with Crippen molar-refractivity contribution in [3.05, 3.63) is 57.8 Å². The summed E-state index contributed by atoms with van der Waals surface area (Å²) in [5.41, 5.74) is 7.35. The lowest BCUT2D eigenvalue weighted by atomic mass is 10.1. The molecule has 8 heteroatoms. The van der Waals surface area contributed by atoms with Gasteiger partial charge in [-0.2, -0.15) is 0 Å². The predicted molar refractivity (Wildman–Crippen MR) is 97.0 cm³/mol. The zero-order valence-corrected chi connectivity index (χ0v) is 15.0. The third-order valence-electron chi connectivity index (χ3n) is 3.34. The van der Waals surface area contributed by atoms with Crippen LogP contribution in [0.15, 0.2) is 36.7 Å². The van der Waals surface area contributed by atoms with E-state index in [0.29, 0.717) is 12.1 Å². The molecule has 25 heavy (non-hydrogen) atoms. The van der Waals surface area contributed by atoms with Crippen LogP contribution in [0.25, 0.3) is 0 Å². The van der Waals surface area contributed by atoms with Crippen molar-refractivity contribution in [1.29, 1.82) is 0 Å². The molecule has 0 aliphatic heterocycles. The number of aromatic nitrogens is 1. The molecule has 0 fully saturated rings. The summed E-state index contributed by atoms with van der Waals surface area (Å²) in [6, 6.07) is 6.21. The first-order chi connectivity index (χ1) is 11.9. The van der Waals surface area contributed by atoms with E-state index in [-0.39, 0.29) is 22.2 Å². The Balaban J connectivity index is 2.03. The number of carbonyl (C=O) groups is 2. The highest BCUT2D eigenvalue weighted by Gasteiger charge is 2.17. The van der Waals surface area contributed by atoms with Gasteiger partial charge in [0, 0.05) is 18.1 Å². The summed E-state index contributed by atoms with van der Waals surface area (Å²) in [6.45, 7) is 2.01. The number of pyridine rings is 1.